The van der Waals surface area contributed by atoms with E-state index in [1.54, 1.807) is 0 Å². The molecule has 0 aromatic rings. The van der Waals surface area contributed by atoms with Crippen molar-refractivity contribution in [2.24, 2.45) is 0 Å². The number of carbonyl (C=O) groups is 1. The van der Waals surface area contributed by atoms with Gasteiger partial charge in [0.25, 0.3) is 0 Å². The number of hydrogen-bond acceptors (Lipinski definition) is 2. The predicted molar refractivity (Wildman–Crippen MR) is 158 cm³/mol. The third-order valence-electron chi connectivity index (χ3n) is 6.96. The van der Waals surface area contributed by atoms with E-state index < -0.39 is 0 Å². The fourth-order valence-corrected chi connectivity index (χ4v) is 7.76. The summed E-state index contributed by atoms with van der Waals surface area (Å²) >= 11 is 0. The largest absolute Gasteiger partial charge is 0.455 e. The topological polar surface area (TPSA) is 26.3 Å². The average molecular weight is 519 g/mol. The lowest BCUT2D eigenvalue weighted by Gasteiger charge is -2.29. The molecule has 0 spiro atoms. The van der Waals surface area contributed by atoms with Gasteiger partial charge in [0.2, 0.25) is 0 Å². The lowest BCUT2D eigenvalue weighted by molar-refractivity contribution is -0.138. The van der Waals surface area contributed by atoms with Gasteiger partial charge in [0.05, 0.1) is 0 Å². The second kappa shape index (κ2) is 27.5. The quantitative estimate of drug-likeness (QED) is 0.0519. The van der Waals surface area contributed by atoms with Crippen molar-refractivity contribution in [2.75, 3.05) is 6.16 Å². The first-order chi connectivity index (χ1) is 16.1. The van der Waals surface area contributed by atoms with Crippen LogP contribution in [-0.2, 0) is 9.53 Å². The molecule has 0 aromatic heterocycles. The minimum absolute atomic E-state index is 0. The minimum Gasteiger partial charge on any atom is -0.455 e. The molecule has 0 aliphatic rings. The van der Waals surface area contributed by atoms with Crippen molar-refractivity contribution in [2.45, 2.75) is 168 Å². The first-order valence-corrected chi connectivity index (χ1v) is 16.3. The van der Waals surface area contributed by atoms with Gasteiger partial charge in [-0.25, -0.2) is 4.79 Å². The van der Waals surface area contributed by atoms with Crippen LogP contribution >= 0.6 is 20.3 Å². The van der Waals surface area contributed by atoms with Crippen molar-refractivity contribution in [3.8, 4) is 0 Å². The number of esters is 1. The molecule has 0 aromatic carbocycles. The highest BCUT2D eigenvalue weighted by Crippen LogP contribution is 2.49. The maximum absolute atomic E-state index is 11.6. The van der Waals surface area contributed by atoms with Gasteiger partial charge in [0.15, 0.2) is 0 Å². The van der Waals surface area contributed by atoms with Gasteiger partial charge >= 0.3 is 5.97 Å². The highest BCUT2D eigenvalue weighted by atomic mass is 35.5. The lowest BCUT2D eigenvalue weighted by atomic mass is 10.0. The Balaban J connectivity index is 0. The van der Waals surface area contributed by atoms with Gasteiger partial charge < -0.3 is 4.74 Å². The molecule has 0 saturated heterocycles. The third-order valence-corrected chi connectivity index (χ3v) is 10.2. The monoisotopic (exact) mass is 518 g/mol. The number of hydrogen-bond donors (Lipinski definition) is 0. The zero-order valence-electron chi connectivity index (χ0n) is 23.5. The molecule has 0 amide bonds. The Kier molecular flexibility index (Phi) is 29.2. The Bertz CT molecular complexity index is 444. The molecule has 0 saturated carbocycles. The van der Waals surface area contributed by atoms with Crippen LogP contribution in [0.25, 0.3) is 0 Å². The summed E-state index contributed by atoms with van der Waals surface area (Å²) in [4.78, 5) is 11.6. The zero-order chi connectivity index (χ0) is 24.6. The van der Waals surface area contributed by atoms with Crippen LogP contribution in [-0.4, -0.2) is 23.6 Å². The Morgan fingerprint density at radius 3 is 1.44 bits per heavy atom. The van der Waals surface area contributed by atoms with E-state index in [0.29, 0.717) is 5.66 Å². The standard InChI is InChI=1S/C30H59O2P.ClH/c1-6-9-10-11-12-13-14-15-16-17-18-19-20-21-22-23-24-25-27-33(28(4)26-7-2)29(5)32-30(31)8-3;/h8,28-29H,3,6-7,9-27H2,1-2,4-5H3;1H. The molecule has 3 unspecified atom stereocenters. The van der Waals surface area contributed by atoms with Gasteiger partial charge in [-0.15, -0.1) is 12.4 Å². The van der Waals surface area contributed by atoms with Crippen LogP contribution in [0.15, 0.2) is 12.7 Å². The maximum Gasteiger partial charge on any atom is 0.330 e. The Morgan fingerprint density at radius 1 is 0.706 bits per heavy atom. The summed E-state index contributed by atoms with van der Waals surface area (Å²) < 4.78 is 5.59. The number of ether oxygens (including phenoxy) is 1. The summed E-state index contributed by atoms with van der Waals surface area (Å²) in [6, 6.07) is 0. The molecule has 0 fully saturated rings. The minimum atomic E-state index is -0.267. The smallest absolute Gasteiger partial charge is 0.330 e. The summed E-state index contributed by atoms with van der Waals surface area (Å²) in [5.41, 5.74) is 0.670. The van der Waals surface area contributed by atoms with Crippen molar-refractivity contribution in [1.29, 1.82) is 0 Å². The molecular weight excluding hydrogens is 459 g/mol. The van der Waals surface area contributed by atoms with Gasteiger partial charge in [-0.3, -0.25) is 0 Å². The number of rotatable bonds is 25. The second-order valence-electron chi connectivity index (χ2n) is 10.1. The van der Waals surface area contributed by atoms with E-state index in [9.17, 15) is 4.79 Å². The molecule has 204 valence electrons. The molecule has 0 rings (SSSR count). The highest BCUT2D eigenvalue weighted by molar-refractivity contribution is 7.58. The van der Waals surface area contributed by atoms with Gasteiger partial charge in [0, 0.05) is 6.08 Å². The van der Waals surface area contributed by atoms with E-state index in [-0.39, 0.29) is 32.1 Å². The van der Waals surface area contributed by atoms with Gasteiger partial charge in [-0.1, -0.05) is 151 Å². The van der Waals surface area contributed by atoms with Crippen LogP contribution in [0.4, 0.5) is 0 Å². The summed E-state index contributed by atoms with van der Waals surface area (Å²) in [7, 11) is -0.262. The normalized spacial score (nSPS) is 13.6. The summed E-state index contributed by atoms with van der Waals surface area (Å²) in [6.07, 6.45) is 30.5. The summed E-state index contributed by atoms with van der Waals surface area (Å²) in [5.74, 6) is -0.214. The molecule has 3 atom stereocenters. The highest BCUT2D eigenvalue weighted by Gasteiger charge is 2.24. The van der Waals surface area contributed by atoms with Crippen LogP contribution in [0.2, 0.25) is 0 Å². The molecule has 0 heterocycles. The molecule has 34 heavy (non-hydrogen) atoms. The van der Waals surface area contributed by atoms with Crippen LogP contribution in [0.1, 0.15) is 156 Å². The lowest BCUT2D eigenvalue weighted by Crippen LogP contribution is -2.18. The molecular formula is C30H60ClO2P. The van der Waals surface area contributed by atoms with Crippen molar-refractivity contribution in [3.63, 3.8) is 0 Å². The molecule has 0 N–H and O–H groups in total. The summed E-state index contributed by atoms with van der Waals surface area (Å²) in [5, 5.41) is 0. The van der Waals surface area contributed by atoms with Crippen LogP contribution in [0, 0.1) is 0 Å². The fourth-order valence-electron chi connectivity index (χ4n) is 4.82. The van der Waals surface area contributed by atoms with Crippen molar-refractivity contribution < 1.29 is 9.53 Å². The Morgan fingerprint density at radius 2 is 1.09 bits per heavy atom. The fraction of sp³-hybridized carbons (Fsp3) is 0.900. The van der Waals surface area contributed by atoms with Crippen molar-refractivity contribution >= 4 is 26.3 Å². The van der Waals surface area contributed by atoms with E-state index in [1.165, 1.54) is 141 Å². The summed E-state index contributed by atoms with van der Waals surface area (Å²) in [6.45, 7) is 12.5. The first-order valence-electron chi connectivity index (χ1n) is 14.7. The number of unbranched alkanes of at least 4 members (excludes halogenated alkanes) is 17. The number of carbonyl (C=O) groups excluding carboxylic acids is 1. The van der Waals surface area contributed by atoms with E-state index in [4.69, 9.17) is 4.74 Å². The third kappa shape index (κ3) is 22.4. The van der Waals surface area contributed by atoms with Gasteiger partial charge in [-0.2, -0.15) is 0 Å². The van der Waals surface area contributed by atoms with Crippen molar-refractivity contribution in [3.05, 3.63) is 12.7 Å². The zero-order valence-corrected chi connectivity index (χ0v) is 25.2. The molecule has 2 nitrogen and oxygen atoms in total. The first kappa shape index (κ1) is 36.1. The average Bonchev–Trinajstić information content (AvgIpc) is 2.80. The predicted octanol–water partition coefficient (Wildman–Crippen LogP) is 11.2. The van der Waals surface area contributed by atoms with E-state index in [0.717, 1.165) is 0 Å². The molecule has 0 aliphatic heterocycles. The van der Waals surface area contributed by atoms with Gasteiger partial charge in [-0.05, 0) is 31.6 Å². The van der Waals surface area contributed by atoms with Crippen LogP contribution in [0.3, 0.4) is 0 Å². The van der Waals surface area contributed by atoms with E-state index in [2.05, 4.69) is 34.3 Å². The van der Waals surface area contributed by atoms with E-state index in [1.807, 2.05) is 0 Å². The second-order valence-corrected chi connectivity index (χ2v) is 13.2. The number of halogens is 1. The Hall–Kier alpha value is -0.0700. The maximum atomic E-state index is 11.6. The van der Waals surface area contributed by atoms with Gasteiger partial charge in [0.1, 0.15) is 5.85 Å². The van der Waals surface area contributed by atoms with Crippen molar-refractivity contribution in [1.82, 2.24) is 0 Å². The molecule has 0 bridgehead atoms. The molecule has 0 radical (unpaired) electrons. The van der Waals surface area contributed by atoms with Crippen LogP contribution in [0.5, 0.6) is 0 Å². The van der Waals surface area contributed by atoms with Crippen LogP contribution < -0.4 is 0 Å². The molecule has 4 heteroatoms. The molecule has 0 aliphatic carbocycles. The van der Waals surface area contributed by atoms with E-state index >= 15 is 0 Å². The SMILES string of the molecule is C=CC(=O)OC(C)P(CCCCCCCCCCCCCCCCCCCC)C(C)CCC.Cl. The Labute approximate surface area is 222 Å².